The molecule has 1 aromatic rings. The van der Waals surface area contributed by atoms with Crippen molar-refractivity contribution >= 4 is 23.7 Å². The number of aromatic carboxylic acids is 2. The molecule has 0 saturated heterocycles. The average molecular weight is 296 g/mol. The van der Waals surface area contributed by atoms with E-state index in [0.717, 1.165) is 6.07 Å². The number of methoxy groups -OCH3 is 1. The average Bonchev–Trinajstić information content (AvgIpc) is 2.43. The number of ether oxygens (including phenoxy) is 1. The van der Waals surface area contributed by atoms with Crippen molar-refractivity contribution in [1.82, 2.24) is 5.32 Å². The third-order valence-corrected chi connectivity index (χ3v) is 2.50. The summed E-state index contributed by atoms with van der Waals surface area (Å²) in [5, 5.41) is 22.8. The zero-order chi connectivity index (χ0) is 15.8. The number of carbonyl (C=O) groups excluding carboxylic acids is 1. The summed E-state index contributed by atoms with van der Waals surface area (Å²) >= 11 is 0. The molecule has 0 heterocycles. The Bertz CT molecular complexity index is 511. The molecule has 8 heteroatoms. The van der Waals surface area contributed by atoms with Crippen LogP contribution in [0.3, 0.4) is 0 Å². The SMILES string of the molecule is COCCCNC(=O)Nc1cc(C(=O)O)cc(C(=O)O)c1. The number of nitrogens with one attached hydrogen (secondary N) is 2. The van der Waals surface area contributed by atoms with Crippen molar-refractivity contribution in [2.45, 2.75) is 6.42 Å². The Labute approximate surface area is 120 Å². The minimum Gasteiger partial charge on any atom is -0.478 e. The van der Waals surface area contributed by atoms with E-state index in [9.17, 15) is 14.4 Å². The molecule has 2 amide bonds. The largest absolute Gasteiger partial charge is 0.478 e. The molecular weight excluding hydrogens is 280 g/mol. The topological polar surface area (TPSA) is 125 Å². The molecule has 0 spiro atoms. The predicted molar refractivity (Wildman–Crippen MR) is 73.9 cm³/mol. The van der Waals surface area contributed by atoms with Crippen molar-refractivity contribution in [3.05, 3.63) is 29.3 Å². The van der Waals surface area contributed by atoms with Crippen LogP contribution >= 0.6 is 0 Å². The quantitative estimate of drug-likeness (QED) is 0.561. The van der Waals surface area contributed by atoms with Crippen molar-refractivity contribution in [3.8, 4) is 0 Å². The lowest BCUT2D eigenvalue weighted by atomic mass is 10.1. The van der Waals surface area contributed by atoms with E-state index in [4.69, 9.17) is 14.9 Å². The number of hydrogen-bond acceptors (Lipinski definition) is 4. The number of benzene rings is 1. The summed E-state index contributed by atoms with van der Waals surface area (Å²) in [6.45, 7) is 0.877. The Kier molecular flexibility index (Phi) is 6.15. The first-order valence-corrected chi connectivity index (χ1v) is 6.09. The smallest absolute Gasteiger partial charge is 0.335 e. The lowest BCUT2D eigenvalue weighted by Crippen LogP contribution is -2.30. The van der Waals surface area contributed by atoms with Crippen molar-refractivity contribution in [2.75, 3.05) is 25.6 Å². The van der Waals surface area contributed by atoms with E-state index >= 15 is 0 Å². The summed E-state index contributed by atoms with van der Waals surface area (Å²) in [6.07, 6.45) is 0.624. The van der Waals surface area contributed by atoms with Gasteiger partial charge in [0, 0.05) is 25.9 Å². The second kappa shape index (κ2) is 7.85. The first-order chi connectivity index (χ1) is 9.93. The maximum atomic E-state index is 11.6. The van der Waals surface area contributed by atoms with Crippen LogP contribution in [0.4, 0.5) is 10.5 Å². The maximum absolute atomic E-state index is 11.6. The van der Waals surface area contributed by atoms with E-state index in [-0.39, 0.29) is 16.8 Å². The summed E-state index contributed by atoms with van der Waals surface area (Å²) in [5.41, 5.74) is -0.342. The van der Waals surface area contributed by atoms with Crippen LogP contribution in [0.2, 0.25) is 0 Å². The molecule has 0 bridgehead atoms. The number of amides is 2. The molecule has 1 aromatic carbocycles. The van der Waals surface area contributed by atoms with Gasteiger partial charge in [0.25, 0.3) is 0 Å². The number of urea groups is 1. The Morgan fingerprint density at radius 3 is 2.14 bits per heavy atom. The van der Waals surface area contributed by atoms with Gasteiger partial charge < -0.3 is 25.6 Å². The number of rotatable bonds is 7. The van der Waals surface area contributed by atoms with E-state index < -0.39 is 18.0 Å². The van der Waals surface area contributed by atoms with Crippen LogP contribution in [-0.2, 0) is 4.74 Å². The normalized spacial score (nSPS) is 9.95. The van der Waals surface area contributed by atoms with Crippen molar-refractivity contribution < 1.29 is 29.3 Å². The van der Waals surface area contributed by atoms with Crippen molar-refractivity contribution in [2.24, 2.45) is 0 Å². The molecule has 114 valence electrons. The summed E-state index contributed by atoms with van der Waals surface area (Å²) in [5.74, 6) is -2.55. The molecule has 0 atom stereocenters. The van der Waals surface area contributed by atoms with Crippen LogP contribution in [0.15, 0.2) is 18.2 Å². The minimum atomic E-state index is -1.28. The van der Waals surface area contributed by atoms with Crippen LogP contribution in [0.1, 0.15) is 27.1 Å². The van der Waals surface area contributed by atoms with Gasteiger partial charge in [0.2, 0.25) is 0 Å². The molecule has 0 saturated carbocycles. The molecule has 0 aliphatic carbocycles. The van der Waals surface area contributed by atoms with Gasteiger partial charge in [-0.2, -0.15) is 0 Å². The molecule has 21 heavy (non-hydrogen) atoms. The molecule has 8 nitrogen and oxygen atoms in total. The molecule has 4 N–H and O–H groups in total. The standard InChI is InChI=1S/C13H16N2O6/c1-21-4-2-3-14-13(20)15-10-6-8(11(16)17)5-9(7-10)12(18)19/h5-7H,2-4H2,1H3,(H,16,17)(H,18,19)(H2,14,15,20). The predicted octanol–water partition coefficient (Wildman–Crippen LogP) is 1.24. The second-order valence-electron chi connectivity index (χ2n) is 4.14. The van der Waals surface area contributed by atoms with Crippen LogP contribution < -0.4 is 10.6 Å². The van der Waals surface area contributed by atoms with Crippen LogP contribution in [0.25, 0.3) is 0 Å². The molecule has 0 aromatic heterocycles. The molecule has 0 unspecified atom stereocenters. The highest BCUT2D eigenvalue weighted by Crippen LogP contribution is 2.15. The van der Waals surface area contributed by atoms with E-state index in [0.29, 0.717) is 19.6 Å². The van der Waals surface area contributed by atoms with Gasteiger partial charge in [0.05, 0.1) is 11.1 Å². The van der Waals surface area contributed by atoms with Gasteiger partial charge in [-0.25, -0.2) is 14.4 Å². The number of carboxylic acids is 2. The number of anilines is 1. The Balaban J connectivity index is 2.75. The van der Waals surface area contributed by atoms with Crippen LogP contribution in [0, 0.1) is 0 Å². The summed E-state index contributed by atoms with van der Waals surface area (Å²) in [6, 6.07) is 2.84. The second-order valence-corrected chi connectivity index (χ2v) is 4.14. The lowest BCUT2D eigenvalue weighted by Gasteiger charge is -2.09. The Morgan fingerprint density at radius 2 is 1.67 bits per heavy atom. The van der Waals surface area contributed by atoms with Crippen molar-refractivity contribution in [3.63, 3.8) is 0 Å². The molecule has 0 aliphatic heterocycles. The fourth-order valence-electron chi connectivity index (χ4n) is 1.54. The van der Waals surface area contributed by atoms with E-state index in [1.165, 1.54) is 12.1 Å². The molecule has 0 fully saturated rings. The Hall–Kier alpha value is -2.61. The fraction of sp³-hybridized carbons (Fsp3) is 0.308. The van der Waals surface area contributed by atoms with E-state index in [2.05, 4.69) is 10.6 Å². The lowest BCUT2D eigenvalue weighted by molar-refractivity contribution is 0.0696. The van der Waals surface area contributed by atoms with Gasteiger partial charge in [0.1, 0.15) is 0 Å². The first kappa shape index (κ1) is 16.4. The third kappa shape index (κ3) is 5.49. The van der Waals surface area contributed by atoms with Crippen LogP contribution in [0.5, 0.6) is 0 Å². The summed E-state index contributed by atoms with van der Waals surface area (Å²) in [4.78, 5) is 33.4. The highest BCUT2D eigenvalue weighted by Gasteiger charge is 2.12. The van der Waals surface area contributed by atoms with Gasteiger partial charge >= 0.3 is 18.0 Å². The fourth-order valence-corrected chi connectivity index (χ4v) is 1.54. The van der Waals surface area contributed by atoms with Gasteiger partial charge in [-0.1, -0.05) is 0 Å². The van der Waals surface area contributed by atoms with Gasteiger partial charge in [-0.05, 0) is 24.6 Å². The molecule has 0 radical (unpaired) electrons. The molecule has 0 aliphatic rings. The van der Waals surface area contributed by atoms with Crippen LogP contribution in [-0.4, -0.2) is 48.4 Å². The maximum Gasteiger partial charge on any atom is 0.335 e. The van der Waals surface area contributed by atoms with Gasteiger partial charge in [0.15, 0.2) is 0 Å². The Morgan fingerprint density at radius 1 is 1.10 bits per heavy atom. The zero-order valence-electron chi connectivity index (χ0n) is 11.4. The monoisotopic (exact) mass is 296 g/mol. The highest BCUT2D eigenvalue weighted by molar-refractivity contribution is 5.98. The summed E-state index contributed by atoms with van der Waals surface area (Å²) in [7, 11) is 1.55. The van der Waals surface area contributed by atoms with E-state index in [1.54, 1.807) is 7.11 Å². The minimum absolute atomic E-state index is 0.0940. The zero-order valence-corrected chi connectivity index (χ0v) is 11.4. The summed E-state index contributed by atoms with van der Waals surface area (Å²) < 4.78 is 4.82. The number of hydrogen-bond donors (Lipinski definition) is 4. The number of carboxylic acid groups (broad SMARTS) is 2. The van der Waals surface area contributed by atoms with E-state index in [1.807, 2.05) is 0 Å². The highest BCUT2D eigenvalue weighted by atomic mass is 16.5. The molecule has 1 rings (SSSR count). The third-order valence-electron chi connectivity index (χ3n) is 2.50. The number of carbonyl (C=O) groups is 3. The van der Waals surface area contributed by atoms with Gasteiger partial charge in [-0.3, -0.25) is 0 Å². The van der Waals surface area contributed by atoms with Crippen molar-refractivity contribution in [1.29, 1.82) is 0 Å². The van der Waals surface area contributed by atoms with Gasteiger partial charge in [-0.15, -0.1) is 0 Å². The first-order valence-electron chi connectivity index (χ1n) is 6.09. The molecular formula is C13H16N2O6.